The number of benzene rings is 1. The van der Waals surface area contributed by atoms with Gasteiger partial charge in [0.2, 0.25) is 15.9 Å². The average molecular weight is 284 g/mol. The quantitative estimate of drug-likeness (QED) is 0.633. The predicted molar refractivity (Wildman–Crippen MR) is 66.4 cm³/mol. The van der Waals surface area contributed by atoms with Gasteiger partial charge < -0.3 is 10.4 Å². The normalized spacial score (nSPS) is 11.4. The molecular weight excluding hydrogens is 272 g/mol. The summed E-state index contributed by atoms with van der Waals surface area (Å²) in [6, 6.07) is 5.65. The number of sulfonamides is 1. The van der Waals surface area contributed by atoms with Gasteiger partial charge in [-0.15, -0.1) is 0 Å². The van der Waals surface area contributed by atoms with Gasteiger partial charge in [0.25, 0.3) is 0 Å². The van der Waals surface area contributed by atoms with Gasteiger partial charge in [-0.25, -0.2) is 18.4 Å². The minimum Gasteiger partial charge on any atom is -0.478 e. The molecule has 1 aromatic rings. The summed E-state index contributed by atoms with van der Waals surface area (Å²) in [5, 5.41) is 15.7. The summed E-state index contributed by atoms with van der Waals surface area (Å²) >= 11 is 0. The Hall–Kier alpha value is -2.19. The van der Waals surface area contributed by atoms with Crippen molar-refractivity contribution < 1.29 is 23.1 Å². The number of carbonyl (C=O) groups is 2. The van der Waals surface area contributed by atoms with Crippen LogP contribution in [0.5, 0.6) is 0 Å². The number of hydrogen-bond acceptors (Lipinski definition) is 4. The van der Waals surface area contributed by atoms with Crippen molar-refractivity contribution >= 4 is 21.9 Å². The molecule has 0 atom stereocenters. The number of nitrogens with one attached hydrogen (secondary N) is 1. The Morgan fingerprint density at radius 2 is 1.79 bits per heavy atom. The zero-order chi connectivity index (χ0) is 14.5. The lowest BCUT2D eigenvalue weighted by Gasteiger charge is -2.03. The van der Waals surface area contributed by atoms with E-state index in [9.17, 15) is 18.0 Å². The Morgan fingerprint density at radius 3 is 2.26 bits per heavy atom. The number of nitrogens with two attached hydrogens (primary N) is 1. The fraction of sp³-hybridized carbons (Fsp3) is 0.0909. The van der Waals surface area contributed by atoms with Gasteiger partial charge in [0.05, 0.1) is 4.90 Å². The third-order valence-corrected chi connectivity index (χ3v) is 3.03. The number of carbonyl (C=O) groups excluding carboxylic acids is 1. The highest BCUT2D eigenvalue weighted by atomic mass is 32.2. The monoisotopic (exact) mass is 284 g/mol. The summed E-state index contributed by atoms with van der Waals surface area (Å²) in [5.41, 5.74) is 0.657. The molecule has 1 amide bonds. The van der Waals surface area contributed by atoms with E-state index in [1.165, 1.54) is 24.3 Å². The van der Waals surface area contributed by atoms with Crippen molar-refractivity contribution in [1.82, 2.24) is 5.32 Å². The van der Waals surface area contributed by atoms with E-state index in [-0.39, 0.29) is 11.4 Å². The minimum atomic E-state index is -3.73. The molecule has 0 unspecified atom stereocenters. The molecule has 1 aromatic carbocycles. The molecule has 0 bridgehead atoms. The van der Waals surface area contributed by atoms with Crippen molar-refractivity contribution in [3.63, 3.8) is 0 Å². The Balaban J connectivity index is 2.60. The molecule has 0 aliphatic carbocycles. The lowest BCUT2D eigenvalue weighted by atomic mass is 10.2. The van der Waals surface area contributed by atoms with Crippen molar-refractivity contribution in [2.24, 2.45) is 5.14 Å². The van der Waals surface area contributed by atoms with E-state index < -0.39 is 21.9 Å². The van der Waals surface area contributed by atoms with Gasteiger partial charge in [0.15, 0.2) is 0 Å². The third-order valence-electron chi connectivity index (χ3n) is 2.10. The Kier molecular flexibility index (Phi) is 4.79. The SMILES string of the molecule is NS(=O)(=O)c1ccc(CNC(=O)C=CC(=O)O)cc1. The van der Waals surface area contributed by atoms with Gasteiger partial charge in [-0.1, -0.05) is 12.1 Å². The highest BCUT2D eigenvalue weighted by Crippen LogP contribution is 2.08. The Morgan fingerprint density at radius 1 is 1.21 bits per heavy atom. The van der Waals surface area contributed by atoms with E-state index in [1.54, 1.807) is 0 Å². The standard InChI is InChI=1S/C11H12N2O5S/c12-19(17,18)9-3-1-8(2-4-9)7-13-10(14)5-6-11(15)16/h1-6H,7H2,(H,13,14)(H,15,16)(H2,12,17,18). The Labute approximate surface area is 109 Å². The maximum atomic E-state index is 11.2. The van der Waals surface area contributed by atoms with Crippen LogP contribution in [-0.2, 0) is 26.2 Å². The van der Waals surface area contributed by atoms with Gasteiger partial charge in [-0.3, -0.25) is 4.79 Å². The maximum Gasteiger partial charge on any atom is 0.328 e. The lowest BCUT2D eigenvalue weighted by molar-refractivity contribution is -0.131. The van der Waals surface area contributed by atoms with Gasteiger partial charge in [-0.05, 0) is 17.7 Å². The highest BCUT2D eigenvalue weighted by Gasteiger charge is 2.06. The largest absolute Gasteiger partial charge is 0.478 e. The first kappa shape index (κ1) is 14.9. The van der Waals surface area contributed by atoms with Crippen molar-refractivity contribution in [1.29, 1.82) is 0 Å². The van der Waals surface area contributed by atoms with Crippen LogP contribution >= 0.6 is 0 Å². The maximum absolute atomic E-state index is 11.2. The van der Waals surface area contributed by atoms with E-state index in [1.807, 2.05) is 0 Å². The number of hydrogen-bond donors (Lipinski definition) is 3. The first-order valence-corrected chi connectivity index (χ1v) is 6.64. The van der Waals surface area contributed by atoms with Crippen molar-refractivity contribution in [2.75, 3.05) is 0 Å². The van der Waals surface area contributed by atoms with Gasteiger partial charge in [-0.2, -0.15) is 0 Å². The van der Waals surface area contributed by atoms with Crippen LogP contribution in [0.4, 0.5) is 0 Å². The van der Waals surface area contributed by atoms with E-state index in [0.29, 0.717) is 5.56 Å². The van der Waals surface area contributed by atoms with E-state index in [4.69, 9.17) is 10.2 Å². The molecule has 1 rings (SSSR count). The summed E-state index contributed by atoms with van der Waals surface area (Å²) in [4.78, 5) is 21.3. The van der Waals surface area contributed by atoms with Crippen LogP contribution in [-0.4, -0.2) is 25.4 Å². The van der Waals surface area contributed by atoms with E-state index in [0.717, 1.165) is 12.2 Å². The fourth-order valence-electron chi connectivity index (χ4n) is 1.19. The van der Waals surface area contributed by atoms with Gasteiger partial charge in [0, 0.05) is 18.7 Å². The first-order valence-electron chi connectivity index (χ1n) is 5.09. The summed E-state index contributed by atoms with van der Waals surface area (Å²) in [5.74, 6) is -1.77. The number of aliphatic carboxylic acids is 1. The molecule has 8 heteroatoms. The molecule has 0 heterocycles. The predicted octanol–water partition coefficient (Wildman–Crippen LogP) is -0.409. The zero-order valence-corrected chi connectivity index (χ0v) is 10.6. The Bertz CT molecular complexity index is 604. The minimum absolute atomic E-state index is 0.0200. The van der Waals surface area contributed by atoms with Crippen LogP contribution < -0.4 is 10.5 Å². The van der Waals surface area contributed by atoms with Crippen LogP contribution in [0, 0.1) is 0 Å². The molecule has 0 saturated carbocycles. The molecule has 102 valence electrons. The molecule has 0 fully saturated rings. The second-order valence-electron chi connectivity index (χ2n) is 3.58. The average Bonchev–Trinajstić information content (AvgIpc) is 2.33. The van der Waals surface area contributed by atoms with E-state index in [2.05, 4.69) is 5.32 Å². The van der Waals surface area contributed by atoms with Crippen LogP contribution in [0.3, 0.4) is 0 Å². The molecule has 0 aliphatic heterocycles. The van der Waals surface area contributed by atoms with Gasteiger partial charge >= 0.3 is 5.97 Å². The summed E-state index contributed by atoms with van der Waals surface area (Å²) in [6.45, 7) is 0.147. The van der Waals surface area contributed by atoms with Crippen LogP contribution in [0.1, 0.15) is 5.56 Å². The highest BCUT2D eigenvalue weighted by molar-refractivity contribution is 7.89. The van der Waals surface area contributed by atoms with Crippen LogP contribution in [0.25, 0.3) is 0 Å². The van der Waals surface area contributed by atoms with Crippen LogP contribution in [0.2, 0.25) is 0 Å². The number of carboxylic acids is 1. The molecule has 0 aliphatic rings. The second kappa shape index (κ2) is 6.12. The zero-order valence-electron chi connectivity index (χ0n) is 9.74. The fourth-order valence-corrected chi connectivity index (χ4v) is 1.71. The summed E-state index contributed by atoms with van der Waals surface area (Å²) < 4.78 is 22.0. The second-order valence-corrected chi connectivity index (χ2v) is 5.14. The van der Waals surface area contributed by atoms with Gasteiger partial charge in [0.1, 0.15) is 0 Å². The molecule has 4 N–H and O–H groups in total. The molecule has 7 nitrogen and oxygen atoms in total. The number of primary sulfonamides is 1. The molecule has 0 spiro atoms. The van der Waals surface area contributed by atoms with E-state index >= 15 is 0 Å². The van der Waals surface area contributed by atoms with Crippen molar-refractivity contribution in [2.45, 2.75) is 11.4 Å². The third kappa shape index (κ3) is 5.32. The number of amides is 1. The number of rotatable bonds is 5. The first-order chi connectivity index (χ1) is 8.79. The number of carboxylic acid groups (broad SMARTS) is 1. The molecule has 0 aromatic heterocycles. The molecule has 0 radical (unpaired) electrons. The van der Waals surface area contributed by atoms with Crippen molar-refractivity contribution in [3.05, 3.63) is 42.0 Å². The molecule has 0 saturated heterocycles. The smallest absolute Gasteiger partial charge is 0.328 e. The summed E-state index contributed by atoms with van der Waals surface area (Å²) in [6.07, 6.45) is 1.61. The lowest BCUT2D eigenvalue weighted by Crippen LogP contribution is -2.20. The van der Waals surface area contributed by atoms with Crippen molar-refractivity contribution in [3.8, 4) is 0 Å². The summed E-state index contributed by atoms with van der Waals surface area (Å²) in [7, 11) is -3.73. The van der Waals surface area contributed by atoms with Crippen LogP contribution in [0.15, 0.2) is 41.3 Å². The molecular formula is C11H12N2O5S. The molecule has 19 heavy (non-hydrogen) atoms. The topological polar surface area (TPSA) is 127 Å².